The molecule has 0 saturated heterocycles. The quantitative estimate of drug-likeness (QED) is 0.592. The number of para-hydroxylation sites is 1. The first-order valence-electron chi connectivity index (χ1n) is 4.36. The highest BCUT2D eigenvalue weighted by atomic mass is 16.3. The second-order valence-corrected chi connectivity index (χ2v) is 3.90. The van der Waals surface area contributed by atoms with Gasteiger partial charge in [0.2, 0.25) is 5.75 Å². The summed E-state index contributed by atoms with van der Waals surface area (Å²) in [7, 11) is 2.04. The summed E-state index contributed by atoms with van der Waals surface area (Å²) in [5.74, 6) is 0.0647. The van der Waals surface area contributed by atoms with E-state index in [1.165, 1.54) is 0 Å². The summed E-state index contributed by atoms with van der Waals surface area (Å²) >= 11 is 0. The smallest absolute Gasteiger partial charge is 0.202 e. The Morgan fingerprint density at radius 3 is 3.00 bits per heavy atom. The lowest BCUT2D eigenvalue weighted by molar-refractivity contribution is 0.356. The molecule has 1 aromatic carbocycles. The molecule has 13 heavy (non-hydrogen) atoms. The molecule has 1 N–H and O–H groups in total. The second-order valence-electron chi connectivity index (χ2n) is 3.90. The van der Waals surface area contributed by atoms with Crippen LogP contribution >= 0.6 is 0 Å². The van der Waals surface area contributed by atoms with Crippen molar-refractivity contribution < 1.29 is 5.11 Å². The van der Waals surface area contributed by atoms with Gasteiger partial charge in [-0.15, -0.1) is 0 Å². The van der Waals surface area contributed by atoms with Crippen LogP contribution in [0, 0.1) is 0 Å². The van der Waals surface area contributed by atoms with Gasteiger partial charge < -0.3 is 5.32 Å². The van der Waals surface area contributed by atoms with Crippen LogP contribution in [0.15, 0.2) is 24.3 Å². The number of nitrogens with one attached hydrogen (secondary N) is 1. The molecule has 1 heterocycles. The third-order valence-corrected chi connectivity index (χ3v) is 2.19. The van der Waals surface area contributed by atoms with Gasteiger partial charge in [0.05, 0.1) is 5.69 Å². The Kier molecular flexibility index (Phi) is 1.62. The fraction of sp³-hybridized carbons (Fsp3) is 0.200. The maximum atomic E-state index is 11.5. The highest BCUT2D eigenvalue weighted by Crippen LogP contribution is 2.34. The average molecular weight is 172 g/mol. The van der Waals surface area contributed by atoms with E-state index in [2.05, 4.69) is 11.4 Å². The third-order valence-electron chi connectivity index (χ3n) is 2.19. The van der Waals surface area contributed by atoms with Crippen molar-refractivity contribution in [1.29, 1.82) is 0 Å². The minimum atomic E-state index is -0.118. The zero-order valence-electron chi connectivity index (χ0n) is 7.79. The van der Waals surface area contributed by atoms with Crippen molar-refractivity contribution >= 4 is 19.6 Å². The molecule has 2 nitrogen and oxygen atoms in total. The summed E-state index contributed by atoms with van der Waals surface area (Å²) in [6.45, 7) is 2.04. The fourth-order valence-electron chi connectivity index (χ4n) is 1.48. The van der Waals surface area contributed by atoms with Gasteiger partial charge in [0.1, 0.15) is 7.85 Å². The molecule has 3 heteroatoms. The molecule has 2 rings (SSSR count). The van der Waals surface area contributed by atoms with Crippen molar-refractivity contribution in [3.05, 3.63) is 29.8 Å². The Balaban J connectivity index is 2.54. The Morgan fingerprint density at radius 2 is 2.23 bits per heavy atom. The van der Waals surface area contributed by atoms with E-state index in [4.69, 9.17) is 0 Å². The Hall–Kier alpha value is -1.38. The number of anilines is 1. The second kappa shape index (κ2) is 2.56. The number of benzene rings is 1. The molecular weight excluding hydrogens is 161 g/mol. The normalized spacial score (nSPS) is 25.0. The summed E-state index contributed by atoms with van der Waals surface area (Å²) in [6.07, 6.45) is 4.06. The standard InChI is InChI=1S/C10H11BNO/c1-10(11)6-5-7-3-2-4-8(13)9(7)12-10/h2-6,12H,11H2,1H3. The van der Waals surface area contributed by atoms with Crippen LogP contribution in [-0.4, -0.2) is 13.3 Å². The van der Waals surface area contributed by atoms with Gasteiger partial charge in [0.15, 0.2) is 0 Å². The highest BCUT2D eigenvalue weighted by molar-refractivity contribution is 6.19. The van der Waals surface area contributed by atoms with Gasteiger partial charge >= 0.3 is 0 Å². The van der Waals surface area contributed by atoms with E-state index in [9.17, 15) is 5.11 Å². The average Bonchev–Trinajstić information content (AvgIpc) is 2.06. The van der Waals surface area contributed by atoms with E-state index < -0.39 is 0 Å². The molecule has 1 aromatic rings. The Bertz CT molecular complexity index is 371. The molecule has 0 saturated carbocycles. The van der Waals surface area contributed by atoms with Gasteiger partial charge in [0, 0.05) is 11.0 Å². The van der Waals surface area contributed by atoms with E-state index >= 15 is 0 Å². The minimum absolute atomic E-state index is 0.0647. The predicted molar refractivity (Wildman–Crippen MR) is 56.2 cm³/mol. The number of rotatable bonds is 0. The summed E-state index contributed by atoms with van der Waals surface area (Å²) in [5, 5.41) is 14.7. The lowest BCUT2D eigenvalue weighted by atomic mass is 9.77. The van der Waals surface area contributed by atoms with Crippen LogP contribution in [0.4, 0.5) is 5.69 Å². The van der Waals surface area contributed by atoms with Crippen LogP contribution in [0.1, 0.15) is 12.5 Å². The van der Waals surface area contributed by atoms with Crippen LogP contribution in [0.25, 0.3) is 6.08 Å². The molecule has 0 bridgehead atoms. The zero-order chi connectivity index (χ0) is 9.47. The highest BCUT2D eigenvalue weighted by Gasteiger charge is 2.21. The molecule has 65 valence electrons. The Labute approximate surface area is 78.7 Å². The third kappa shape index (κ3) is 1.42. The van der Waals surface area contributed by atoms with Crippen molar-refractivity contribution in [3.63, 3.8) is 0 Å². The molecule has 1 radical (unpaired) electrons. The fourth-order valence-corrected chi connectivity index (χ4v) is 1.48. The van der Waals surface area contributed by atoms with E-state index in [1.807, 2.05) is 26.9 Å². The lowest BCUT2D eigenvalue weighted by Crippen LogP contribution is -2.34. The molecule has 0 fully saturated rings. The van der Waals surface area contributed by atoms with Crippen molar-refractivity contribution in [3.8, 4) is 5.75 Å². The number of hydrogen-bond donors (Lipinski definition) is 1. The van der Waals surface area contributed by atoms with Gasteiger partial charge in [-0.25, -0.2) is 0 Å². The van der Waals surface area contributed by atoms with Crippen molar-refractivity contribution in [2.45, 2.75) is 12.4 Å². The molecule has 1 unspecified atom stereocenters. The van der Waals surface area contributed by atoms with Gasteiger partial charge in [-0.3, -0.25) is 5.11 Å². The molecular formula is C10H11BNO. The maximum Gasteiger partial charge on any atom is 0.202 e. The molecule has 1 aliphatic heterocycles. The topological polar surface area (TPSA) is 31.9 Å². The molecule has 1 aliphatic rings. The van der Waals surface area contributed by atoms with E-state index in [1.54, 1.807) is 12.1 Å². The monoisotopic (exact) mass is 172 g/mol. The summed E-state index contributed by atoms with van der Waals surface area (Å²) in [5.41, 5.74) is 1.58. The van der Waals surface area contributed by atoms with Crippen molar-refractivity contribution in [2.75, 3.05) is 5.32 Å². The number of hydrogen-bond acceptors (Lipinski definition) is 1. The largest absolute Gasteiger partial charge is 0.380 e. The van der Waals surface area contributed by atoms with Gasteiger partial charge in [0.25, 0.3) is 0 Å². The van der Waals surface area contributed by atoms with E-state index in [0.29, 0.717) is 0 Å². The minimum Gasteiger partial charge on any atom is -0.380 e. The van der Waals surface area contributed by atoms with E-state index in [0.717, 1.165) is 11.3 Å². The van der Waals surface area contributed by atoms with Crippen LogP contribution in [0.3, 0.4) is 0 Å². The molecule has 1 atom stereocenters. The maximum absolute atomic E-state index is 11.5. The van der Waals surface area contributed by atoms with Crippen LogP contribution in [0.5, 0.6) is 5.75 Å². The Morgan fingerprint density at radius 1 is 1.46 bits per heavy atom. The number of fused-ring (bicyclic) bond motifs is 1. The van der Waals surface area contributed by atoms with Crippen LogP contribution in [-0.2, 0) is 5.11 Å². The molecule has 0 aromatic heterocycles. The molecule has 0 spiro atoms. The van der Waals surface area contributed by atoms with Crippen molar-refractivity contribution in [2.24, 2.45) is 0 Å². The SMILES string of the molecule is BC1(C)C=Cc2cccc([O])c2N1. The molecule has 0 amide bonds. The lowest BCUT2D eigenvalue weighted by Gasteiger charge is -2.28. The first-order chi connectivity index (χ1) is 6.08. The van der Waals surface area contributed by atoms with Gasteiger partial charge in [-0.2, -0.15) is 0 Å². The van der Waals surface area contributed by atoms with E-state index in [-0.39, 0.29) is 11.2 Å². The van der Waals surface area contributed by atoms with Gasteiger partial charge in [-0.05, 0) is 13.0 Å². The summed E-state index contributed by atoms with van der Waals surface area (Å²) in [4.78, 5) is 0. The van der Waals surface area contributed by atoms with Crippen LogP contribution < -0.4 is 5.32 Å². The summed E-state index contributed by atoms with van der Waals surface area (Å²) < 4.78 is 0. The van der Waals surface area contributed by atoms with Gasteiger partial charge in [-0.1, -0.05) is 24.3 Å². The first-order valence-corrected chi connectivity index (χ1v) is 4.36. The first kappa shape index (κ1) is 8.23. The van der Waals surface area contributed by atoms with Crippen LogP contribution in [0.2, 0.25) is 0 Å². The predicted octanol–water partition coefficient (Wildman–Crippen LogP) is 1.62. The molecule has 0 aliphatic carbocycles. The zero-order valence-corrected chi connectivity index (χ0v) is 7.79. The van der Waals surface area contributed by atoms with Crippen molar-refractivity contribution in [1.82, 2.24) is 0 Å². The summed E-state index contributed by atoms with van der Waals surface area (Å²) in [6, 6.07) is 5.31.